The molecule has 2 aromatic rings. The molecule has 0 amide bonds. The Labute approximate surface area is 169 Å². The number of aryl methyl sites for hydroxylation is 1. The van der Waals surface area contributed by atoms with E-state index < -0.39 is 0 Å². The van der Waals surface area contributed by atoms with Crippen LogP contribution in [0.15, 0.2) is 16.6 Å². The van der Waals surface area contributed by atoms with Crippen molar-refractivity contribution in [3.05, 3.63) is 22.3 Å². The lowest BCUT2D eigenvalue weighted by atomic mass is 10.1. The zero-order valence-corrected chi connectivity index (χ0v) is 18.4. The smallest absolute Gasteiger partial charge is 0.242 e. The van der Waals surface area contributed by atoms with Crippen molar-refractivity contribution in [2.24, 2.45) is 0 Å². The molecule has 0 fully saturated rings. The lowest BCUT2D eigenvalue weighted by molar-refractivity contribution is 0.389. The molecule has 7 heteroatoms. The Bertz CT molecular complexity index is 780. The number of halogens is 1. The molecule has 0 saturated carbocycles. The quantitative estimate of drug-likeness (QED) is 0.588. The van der Waals surface area contributed by atoms with Crippen LogP contribution in [0.5, 0.6) is 17.4 Å². The van der Waals surface area contributed by atoms with Crippen LogP contribution in [0, 0.1) is 0 Å². The van der Waals surface area contributed by atoms with Crippen LogP contribution in [0.1, 0.15) is 39.3 Å². The van der Waals surface area contributed by atoms with Crippen molar-refractivity contribution >= 4 is 21.7 Å². The predicted molar refractivity (Wildman–Crippen MR) is 112 cm³/mol. The van der Waals surface area contributed by atoms with Gasteiger partial charge in [-0.05, 0) is 41.3 Å². The Morgan fingerprint density at radius 1 is 0.963 bits per heavy atom. The molecule has 1 heterocycles. The highest BCUT2D eigenvalue weighted by Crippen LogP contribution is 2.41. The van der Waals surface area contributed by atoms with E-state index in [2.05, 4.69) is 42.0 Å². The first kappa shape index (κ1) is 21.3. The molecule has 0 atom stereocenters. The third kappa shape index (κ3) is 4.64. The van der Waals surface area contributed by atoms with Crippen molar-refractivity contribution in [3.63, 3.8) is 0 Å². The predicted octanol–water partition coefficient (Wildman–Crippen LogP) is 5.09. The van der Waals surface area contributed by atoms with Crippen molar-refractivity contribution in [1.29, 1.82) is 0 Å². The number of rotatable bonds is 9. The van der Waals surface area contributed by atoms with Crippen molar-refractivity contribution in [2.75, 3.05) is 26.6 Å². The van der Waals surface area contributed by atoms with Gasteiger partial charge in [-0.1, -0.05) is 20.8 Å². The van der Waals surface area contributed by atoms with Gasteiger partial charge in [0.1, 0.15) is 17.2 Å². The maximum Gasteiger partial charge on any atom is 0.242 e. The van der Waals surface area contributed by atoms with Crippen molar-refractivity contribution < 1.29 is 14.2 Å². The van der Waals surface area contributed by atoms with E-state index in [0.29, 0.717) is 29.1 Å². The molecule has 6 nitrogen and oxygen atoms in total. The van der Waals surface area contributed by atoms with Crippen LogP contribution >= 0.6 is 15.9 Å². The first-order valence-corrected chi connectivity index (χ1v) is 9.95. The fourth-order valence-electron chi connectivity index (χ4n) is 2.87. The first-order valence-electron chi connectivity index (χ1n) is 9.16. The molecule has 1 aromatic heterocycles. The zero-order chi connectivity index (χ0) is 20.0. The lowest BCUT2D eigenvalue weighted by Crippen LogP contribution is -2.20. The normalized spacial score (nSPS) is 10.8. The van der Waals surface area contributed by atoms with Gasteiger partial charge < -0.3 is 19.5 Å². The summed E-state index contributed by atoms with van der Waals surface area (Å²) < 4.78 is 17.3. The monoisotopic (exact) mass is 437 g/mol. The SMILES string of the molecule is CCc1nc(-c2cc(Br)c(OC)cc2OC)c(OC)nc1NC(CC)CC. The van der Waals surface area contributed by atoms with Gasteiger partial charge in [-0.15, -0.1) is 0 Å². The molecule has 0 aliphatic carbocycles. The number of ether oxygens (including phenoxy) is 3. The standard InChI is InChI=1S/C20H28BrN3O3/c1-7-12(8-2)22-19-15(9-3)23-18(20(24-19)27-6)13-10-14(21)17(26-5)11-16(13)25-4/h10-12H,7-9H2,1-6H3,(H,22,24). The first-order chi connectivity index (χ1) is 13.0. The Kier molecular flexibility index (Phi) is 7.71. The summed E-state index contributed by atoms with van der Waals surface area (Å²) in [5, 5.41) is 3.50. The Morgan fingerprint density at radius 3 is 2.15 bits per heavy atom. The van der Waals surface area contributed by atoms with E-state index in [9.17, 15) is 0 Å². The van der Waals surface area contributed by atoms with Gasteiger partial charge in [0, 0.05) is 17.7 Å². The average Bonchev–Trinajstić information content (AvgIpc) is 2.71. The highest BCUT2D eigenvalue weighted by atomic mass is 79.9. The van der Waals surface area contributed by atoms with E-state index in [1.807, 2.05) is 12.1 Å². The van der Waals surface area contributed by atoms with Crippen LogP contribution in [0.2, 0.25) is 0 Å². The van der Waals surface area contributed by atoms with E-state index >= 15 is 0 Å². The number of hydrogen-bond acceptors (Lipinski definition) is 6. The van der Waals surface area contributed by atoms with Crippen LogP contribution < -0.4 is 19.5 Å². The molecule has 148 valence electrons. The number of benzene rings is 1. The van der Waals surface area contributed by atoms with Crippen LogP contribution in [0.3, 0.4) is 0 Å². The third-order valence-electron chi connectivity index (χ3n) is 4.52. The summed E-state index contributed by atoms with van der Waals surface area (Å²) in [7, 11) is 4.84. The Balaban J connectivity index is 2.62. The van der Waals surface area contributed by atoms with Crippen LogP contribution in [-0.4, -0.2) is 37.3 Å². The highest BCUT2D eigenvalue weighted by molar-refractivity contribution is 9.10. The molecule has 0 radical (unpaired) electrons. The fraction of sp³-hybridized carbons (Fsp3) is 0.500. The van der Waals surface area contributed by atoms with E-state index in [0.717, 1.165) is 40.8 Å². The summed E-state index contributed by atoms with van der Waals surface area (Å²) >= 11 is 3.53. The topological polar surface area (TPSA) is 65.5 Å². The second-order valence-corrected chi connectivity index (χ2v) is 6.93. The minimum Gasteiger partial charge on any atom is -0.496 e. The number of nitrogens with one attached hydrogen (secondary N) is 1. The Hall–Kier alpha value is -2.02. The maximum absolute atomic E-state index is 5.57. The molecule has 1 N–H and O–H groups in total. The summed E-state index contributed by atoms with van der Waals surface area (Å²) in [6.07, 6.45) is 2.79. The number of aromatic nitrogens is 2. The van der Waals surface area contributed by atoms with Gasteiger partial charge in [0.2, 0.25) is 5.88 Å². The van der Waals surface area contributed by atoms with Crippen molar-refractivity contribution in [3.8, 4) is 28.6 Å². The number of methoxy groups -OCH3 is 3. The Morgan fingerprint density at radius 2 is 1.63 bits per heavy atom. The van der Waals surface area contributed by atoms with Gasteiger partial charge in [-0.25, -0.2) is 4.98 Å². The number of nitrogens with zero attached hydrogens (tertiary/aromatic N) is 2. The summed E-state index contributed by atoms with van der Waals surface area (Å²) in [6.45, 7) is 6.39. The molecule has 0 spiro atoms. The van der Waals surface area contributed by atoms with Gasteiger partial charge in [0.15, 0.2) is 5.82 Å². The minimum absolute atomic E-state index is 0.352. The van der Waals surface area contributed by atoms with Gasteiger partial charge in [-0.2, -0.15) is 4.98 Å². The van der Waals surface area contributed by atoms with E-state index in [1.165, 1.54) is 0 Å². The van der Waals surface area contributed by atoms with Gasteiger partial charge >= 0.3 is 0 Å². The maximum atomic E-state index is 5.57. The zero-order valence-electron chi connectivity index (χ0n) is 16.9. The summed E-state index contributed by atoms with van der Waals surface area (Å²) in [4.78, 5) is 9.59. The van der Waals surface area contributed by atoms with E-state index in [1.54, 1.807) is 21.3 Å². The second kappa shape index (κ2) is 9.78. The average molecular weight is 438 g/mol. The van der Waals surface area contributed by atoms with Crippen LogP contribution in [-0.2, 0) is 6.42 Å². The molecular formula is C20H28BrN3O3. The lowest BCUT2D eigenvalue weighted by Gasteiger charge is -2.20. The fourth-order valence-corrected chi connectivity index (χ4v) is 3.37. The molecular weight excluding hydrogens is 410 g/mol. The minimum atomic E-state index is 0.352. The summed E-state index contributed by atoms with van der Waals surface area (Å²) in [5.41, 5.74) is 2.33. The highest BCUT2D eigenvalue weighted by Gasteiger charge is 2.21. The summed E-state index contributed by atoms with van der Waals surface area (Å²) in [5.74, 6) is 2.56. The van der Waals surface area contributed by atoms with Crippen LogP contribution in [0.4, 0.5) is 5.82 Å². The molecule has 1 aromatic carbocycles. The van der Waals surface area contributed by atoms with Gasteiger partial charge in [0.05, 0.1) is 31.5 Å². The molecule has 0 bridgehead atoms. The summed E-state index contributed by atoms with van der Waals surface area (Å²) in [6, 6.07) is 4.09. The van der Waals surface area contributed by atoms with Crippen molar-refractivity contribution in [2.45, 2.75) is 46.1 Å². The van der Waals surface area contributed by atoms with E-state index in [-0.39, 0.29) is 0 Å². The van der Waals surface area contributed by atoms with Gasteiger partial charge in [0.25, 0.3) is 0 Å². The molecule has 0 aliphatic rings. The largest absolute Gasteiger partial charge is 0.496 e. The molecule has 27 heavy (non-hydrogen) atoms. The molecule has 0 aliphatic heterocycles. The molecule has 0 unspecified atom stereocenters. The van der Waals surface area contributed by atoms with Gasteiger partial charge in [-0.3, -0.25) is 0 Å². The molecule has 2 rings (SSSR count). The number of anilines is 1. The van der Waals surface area contributed by atoms with Crippen molar-refractivity contribution in [1.82, 2.24) is 9.97 Å². The number of hydrogen-bond donors (Lipinski definition) is 1. The molecule has 0 saturated heterocycles. The van der Waals surface area contributed by atoms with Crippen LogP contribution in [0.25, 0.3) is 11.3 Å². The second-order valence-electron chi connectivity index (χ2n) is 6.08. The van der Waals surface area contributed by atoms with E-state index in [4.69, 9.17) is 24.2 Å². The third-order valence-corrected chi connectivity index (χ3v) is 5.14.